The summed E-state index contributed by atoms with van der Waals surface area (Å²) in [4.78, 5) is 19.2. The van der Waals surface area contributed by atoms with Crippen molar-refractivity contribution in [1.82, 2.24) is 24.9 Å². The Labute approximate surface area is 165 Å². The van der Waals surface area contributed by atoms with Crippen molar-refractivity contribution in [2.45, 2.75) is 41.5 Å². The van der Waals surface area contributed by atoms with Gasteiger partial charge in [-0.25, -0.2) is 15.0 Å². The van der Waals surface area contributed by atoms with Gasteiger partial charge in [0.15, 0.2) is 5.65 Å². The number of nitrogens with zero attached hydrogens (tertiary/aromatic N) is 3. The number of aryl methyl sites for hydroxylation is 4. The molecule has 0 aliphatic rings. The van der Waals surface area contributed by atoms with Crippen LogP contribution in [-0.2, 0) is 0 Å². The standard InChI is InChI=1S/C13H12N2.C8H9N3.C2H6/c1-8-3-5-11-10(7-8)4-6-12-13(11)15-9(2)14-12;1-5-3-7-8(9-4-5)11-6(2)10-7;1-2/h3-7H,1-2H3,(H,14,15);3-4H,1-2H3,(H,9,10,11);1-2H3. The van der Waals surface area contributed by atoms with Gasteiger partial charge in [-0.05, 0) is 50.8 Å². The van der Waals surface area contributed by atoms with E-state index in [0.717, 1.165) is 39.4 Å². The number of imidazole rings is 2. The van der Waals surface area contributed by atoms with Crippen LogP contribution >= 0.6 is 0 Å². The van der Waals surface area contributed by atoms with E-state index in [4.69, 9.17) is 0 Å². The minimum atomic E-state index is 0.799. The van der Waals surface area contributed by atoms with E-state index in [1.54, 1.807) is 0 Å². The van der Waals surface area contributed by atoms with E-state index >= 15 is 0 Å². The molecule has 0 aliphatic carbocycles. The first-order valence-corrected chi connectivity index (χ1v) is 9.64. The lowest BCUT2D eigenvalue weighted by Crippen LogP contribution is -1.77. The first kappa shape index (κ1) is 19.5. The molecule has 3 heterocycles. The van der Waals surface area contributed by atoms with Gasteiger partial charge in [-0.1, -0.05) is 43.7 Å². The van der Waals surface area contributed by atoms with E-state index in [-0.39, 0.29) is 0 Å². The Bertz CT molecular complexity index is 1230. The number of rotatable bonds is 0. The van der Waals surface area contributed by atoms with Gasteiger partial charge in [0.25, 0.3) is 0 Å². The number of hydrogen-bond donors (Lipinski definition) is 2. The Morgan fingerprint density at radius 3 is 2.21 bits per heavy atom. The second-order valence-corrected chi connectivity index (χ2v) is 6.71. The fourth-order valence-electron chi connectivity index (χ4n) is 3.17. The molecule has 0 saturated heterocycles. The van der Waals surface area contributed by atoms with Gasteiger partial charge >= 0.3 is 0 Å². The fraction of sp³-hybridized carbons (Fsp3) is 0.261. The number of H-pyrrole nitrogens is 2. The third kappa shape index (κ3) is 4.03. The van der Waals surface area contributed by atoms with Crippen LogP contribution in [0, 0.1) is 27.7 Å². The molecule has 0 saturated carbocycles. The number of aromatic amines is 2. The molecule has 0 aliphatic heterocycles. The Morgan fingerprint density at radius 2 is 1.43 bits per heavy atom. The van der Waals surface area contributed by atoms with E-state index in [2.05, 4.69) is 62.2 Å². The zero-order valence-corrected chi connectivity index (χ0v) is 17.4. The number of pyridine rings is 1. The lowest BCUT2D eigenvalue weighted by Gasteiger charge is -1.99. The lowest BCUT2D eigenvalue weighted by atomic mass is 10.1. The molecule has 0 radical (unpaired) electrons. The van der Waals surface area contributed by atoms with Gasteiger partial charge in [0.1, 0.15) is 11.6 Å². The monoisotopic (exact) mass is 373 g/mol. The summed E-state index contributed by atoms with van der Waals surface area (Å²) in [5.74, 6) is 1.89. The molecule has 5 heteroatoms. The number of hydrogen-bond acceptors (Lipinski definition) is 3. The van der Waals surface area contributed by atoms with Gasteiger partial charge in [-0.15, -0.1) is 0 Å². The maximum absolute atomic E-state index is 4.52. The predicted octanol–water partition coefficient (Wildman–Crippen LogP) is 5.93. The van der Waals surface area contributed by atoms with Gasteiger partial charge < -0.3 is 9.97 Å². The summed E-state index contributed by atoms with van der Waals surface area (Å²) in [7, 11) is 0. The van der Waals surface area contributed by atoms with Crippen molar-refractivity contribution in [1.29, 1.82) is 0 Å². The van der Waals surface area contributed by atoms with Crippen molar-refractivity contribution in [3.8, 4) is 0 Å². The van der Waals surface area contributed by atoms with Gasteiger partial charge in [0.2, 0.25) is 0 Å². The van der Waals surface area contributed by atoms with Gasteiger partial charge in [0.05, 0.1) is 16.6 Å². The van der Waals surface area contributed by atoms with Crippen LogP contribution in [0.2, 0.25) is 0 Å². The van der Waals surface area contributed by atoms with E-state index in [1.807, 2.05) is 46.9 Å². The van der Waals surface area contributed by atoms with E-state index in [0.29, 0.717) is 0 Å². The molecule has 0 spiro atoms. The minimum absolute atomic E-state index is 0.799. The topological polar surface area (TPSA) is 70.2 Å². The number of benzene rings is 2. The van der Waals surface area contributed by atoms with Gasteiger partial charge in [-0.3, -0.25) is 0 Å². The first-order chi connectivity index (χ1) is 13.5. The molecule has 5 nitrogen and oxygen atoms in total. The summed E-state index contributed by atoms with van der Waals surface area (Å²) in [5, 5.41) is 2.48. The van der Waals surface area contributed by atoms with Crippen molar-refractivity contribution in [2.24, 2.45) is 0 Å². The van der Waals surface area contributed by atoms with Crippen LogP contribution in [0.5, 0.6) is 0 Å². The van der Waals surface area contributed by atoms with Crippen LogP contribution in [0.4, 0.5) is 0 Å². The molecule has 0 atom stereocenters. The molecule has 0 unspecified atom stereocenters. The third-order valence-corrected chi connectivity index (χ3v) is 4.33. The third-order valence-electron chi connectivity index (χ3n) is 4.33. The maximum Gasteiger partial charge on any atom is 0.177 e. The summed E-state index contributed by atoms with van der Waals surface area (Å²) < 4.78 is 0. The van der Waals surface area contributed by atoms with Crippen molar-refractivity contribution in [3.63, 3.8) is 0 Å². The van der Waals surface area contributed by atoms with Crippen molar-refractivity contribution in [3.05, 3.63) is 65.4 Å². The maximum atomic E-state index is 4.52. The molecule has 5 aromatic rings. The van der Waals surface area contributed by atoms with Crippen molar-refractivity contribution >= 4 is 33.0 Å². The fourth-order valence-corrected chi connectivity index (χ4v) is 3.17. The highest BCUT2D eigenvalue weighted by Crippen LogP contribution is 2.24. The summed E-state index contributed by atoms with van der Waals surface area (Å²) in [6.07, 6.45) is 1.82. The molecule has 3 aromatic heterocycles. The predicted molar refractivity (Wildman–Crippen MR) is 118 cm³/mol. The SMILES string of the molecule is CC.Cc1ccc2c(ccc3[nH]c(C)nc32)c1.Cc1cnc2nc(C)[nH]c2c1. The first-order valence-electron chi connectivity index (χ1n) is 9.64. The molecule has 0 bridgehead atoms. The van der Waals surface area contributed by atoms with Gasteiger partial charge in [-0.2, -0.15) is 0 Å². The Kier molecular flexibility index (Phi) is 5.73. The molecule has 28 heavy (non-hydrogen) atoms. The highest BCUT2D eigenvalue weighted by Gasteiger charge is 2.04. The van der Waals surface area contributed by atoms with Crippen LogP contribution in [-0.4, -0.2) is 24.9 Å². The minimum Gasteiger partial charge on any atom is -0.342 e. The second kappa shape index (κ2) is 8.21. The zero-order chi connectivity index (χ0) is 20.3. The molecule has 2 aromatic carbocycles. The van der Waals surface area contributed by atoms with Crippen molar-refractivity contribution in [2.75, 3.05) is 0 Å². The average Bonchev–Trinajstić information content (AvgIpc) is 3.24. The number of nitrogens with one attached hydrogen (secondary N) is 2. The van der Waals surface area contributed by atoms with Crippen LogP contribution in [0.1, 0.15) is 36.6 Å². The number of aromatic nitrogens is 5. The van der Waals surface area contributed by atoms with E-state index in [1.165, 1.54) is 16.3 Å². The van der Waals surface area contributed by atoms with Gasteiger partial charge in [0, 0.05) is 11.6 Å². The Balaban J connectivity index is 0.000000154. The van der Waals surface area contributed by atoms with Crippen LogP contribution in [0.25, 0.3) is 33.0 Å². The highest BCUT2D eigenvalue weighted by atomic mass is 15.0. The summed E-state index contributed by atoms with van der Waals surface area (Å²) in [6, 6.07) is 12.7. The molecular formula is C23H27N5. The second-order valence-electron chi connectivity index (χ2n) is 6.71. The van der Waals surface area contributed by atoms with E-state index in [9.17, 15) is 0 Å². The normalized spacial score (nSPS) is 10.5. The molecule has 2 N–H and O–H groups in total. The van der Waals surface area contributed by atoms with Crippen LogP contribution < -0.4 is 0 Å². The molecular weight excluding hydrogens is 346 g/mol. The summed E-state index contributed by atoms with van der Waals surface area (Å²) in [5.41, 5.74) is 6.44. The summed E-state index contributed by atoms with van der Waals surface area (Å²) >= 11 is 0. The Morgan fingerprint density at radius 1 is 0.714 bits per heavy atom. The molecule has 144 valence electrons. The molecule has 0 amide bonds. The van der Waals surface area contributed by atoms with E-state index < -0.39 is 0 Å². The quantitative estimate of drug-likeness (QED) is 0.353. The largest absolute Gasteiger partial charge is 0.342 e. The van der Waals surface area contributed by atoms with Crippen molar-refractivity contribution < 1.29 is 0 Å². The summed E-state index contributed by atoms with van der Waals surface area (Å²) in [6.45, 7) is 12.0. The highest BCUT2D eigenvalue weighted by molar-refractivity contribution is 6.04. The van der Waals surface area contributed by atoms with Crippen LogP contribution in [0.15, 0.2) is 42.6 Å². The number of fused-ring (bicyclic) bond motifs is 4. The smallest absolute Gasteiger partial charge is 0.177 e. The molecule has 0 fully saturated rings. The molecule has 5 rings (SSSR count). The lowest BCUT2D eigenvalue weighted by molar-refractivity contribution is 1.16. The Hall–Kier alpha value is -3.21. The van der Waals surface area contributed by atoms with Crippen LogP contribution in [0.3, 0.4) is 0 Å². The average molecular weight is 374 g/mol. The zero-order valence-electron chi connectivity index (χ0n) is 17.4.